The number of para-hydroxylation sites is 1. The van der Waals surface area contributed by atoms with Gasteiger partial charge in [0.05, 0.1) is 11.7 Å². The van der Waals surface area contributed by atoms with Gasteiger partial charge in [-0.25, -0.2) is 4.68 Å². The molecule has 3 aromatic rings. The van der Waals surface area contributed by atoms with Crippen molar-refractivity contribution in [2.75, 3.05) is 0 Å². The van der Waals surface area contributed by atoms with E-state index in [4.69, 9.17) is 0 Å². The molecule has 0 N–H and O–H groups in total. The van der Waals surface area contributed by atoms with Gasteiger partial charge in [-0.3, -0.25) is 0 Å². The number of hydrogen-bond donors (Lipinski definition) is 0. The first kappa shape index (κ1) is 9.72. The summed E-state index contributed by atoms with van der Waals surface area (Å²) in [5, 5.41) is 13.1. The van der Waals surface area contributed by atoms with Crippen molar-refractivity contribution in [3.8, 4) is 0 Å². The van der Waals surface area contributed by atoms with E-state index in [1.54, 1.807) is 10.9 Å². The number of fused-ring (bicyclic) bond motifs is 1. The molecular weight excluding hydrogens is 210 g/mol. The monoisotopic (exact) mass is 219 g/mol. The topological polar surface area (TPSA) is 56.5 Å². The molecule has 5 nitrogen and oxygen atoms in total. The summed E-state index contributed by atoms with van der Waals surface area (Å²) in [5.41, 5.74) is 2.02. The lowest BCUT2D eigenvalue weighted by Gasteiger charge is -1.87. The fraction of sp³-hybridized carbons (Fsp3) is 0.111. The molecule has 0 aliphatic carbocycles. The van der Waals surface area contributed by atoms with Crippen LogP contribution in [0.3, 0.4) is 0 Å². The zero-order valence-electron chi connectivity index (χ0n) is 8.11. The molecule has 0 fully saturated rings. The highest BCUT2D eigenvalue weighted by molar-refractivity contribution is 7.03. The van der Waals surface area contributed by atoms with E-state index in [2.05, 4.69) is 19.9 Å². The highest BCUT2D eigenvalue weighted by Gasteiger charge is 1.95. The maximum Gasteiger partial charge on any atom is 0.113 e. The summed E-state index contributed by atoms with van der Waals surface area (Å²) in [6.07, 6.45) is 1.66. The molecular formula is C9H9N5S. The summed E-state index contributed by atoms with van der Waals surface area (Å²) in [4.78, 5) is 0. The minimum absolute atomic E-state index is 0.949. The van der Waals surface area contributed by atoms with Gasteiger partial charge >= 0.3 is 0 Å². The van der Waals surface area contributed by atoms with Gasteiger partial charge in [0.2, 0.25) is 0 Å². The summed E-state index contributed by atoms with van der Waals surface area (Å²) in [6.45, 7) is 0. The third-order valence-corrected chi connectivity index (χ3v) is 2.23. The summed E-state index contributed by atoms with van der Waals surface area (Å²) in [6, 6.07) is 7.88. The molecule has 2 aromatic heterocycles. The van der Waals surface area contributed by atoms with Crippen LogP contribution in [0.4, 0.5) is 0 Å². The van der Waals surface area contributed by atoms with Crippen molar-refractivity contribution in [1.82, 2.24) is 24.6 Å². The quantitative estimate of drug-likeness (QED) is 0.575. The second kappa shape index (κ2) is 4.61. The van der Waals surface area contributed by atoms with Crippen LogP contribution in [0.15, 0.2) is 35.8 Å². The Hall–Kier alpha value is -1.82. The summed E-state index contributed by atoms with van der Waals surface area (Å²) in [7, 11) is 1.88. The third kappa shape index (κ3) is 2.35. The molecule has 0 atom stereocenters. The van der Waals surface area contributed by atoms with E-state index in [1.165, 1.54) is 11.5 Å². The molecule has 0 unspecified atom stereocenters. The SMILES string of the molecule is Cn1nnc2ccccc21.c1csnn1. The van der Waals surface area contributed by atoms with E-state index >= 15 is 0 Å². The Kier molecular flexibility index (Phi) is 2.99. The summed E-state index contributed by atoms with van der Waals surface area (Å²) in [5.74, 6) is 0. The molecule has 2 heterocycles. The summed E-state index contributed by atoms with van der Waals surface area (Å²) >= 11 is 1.35. The van der Waals surface area contributed by atoms with Crippen LogP contribution in [0.1, 0.15) is 0 Å². The fourth-order valence-corrected chi connectivity index (χ4v) is 1.39. The molecule has 0 spiro atoms. The van der Waals surface area contributed by atoms with Crippen molar-refractivity contribution >= 4 is 22.6 Å². The molecule has 3 rings (SSSR count). The Labute approximate surface area is 90.5 Å². The first-order chi connectivity index (χ1) is 7.38. The average molecular weight is 219 g/mol. The van der Waals surface area contributed by atoms with Crippen LogP contribution < -0.4 is 0 Å². The Morgan fingerprint density at radius 2 is 2.13 bits per heavy atom. The number of nitrogens with zero attached hydrogens (tertiary/aromatic N) is 5. The number of benzene rings is 1. The predicted octanol–water partition coefficient (Wildman–Crippen LogP) is 1.51. The first-order valence-electron chi connectivity index (χ1n) is 4.33. The van der Waals surface area contributed by atoms with Gasteiger partial charge in [0.15, 0.2) is 0 Å². The lowest BCUT2D eigenvalue weighted by Crippen LogP contribution is -1.88. The molecule has 0 amide bonds. The second-order valence-corrected chi connectivity index (χ2v) is 3.44. The van der Waals surface area contributed by atoms with Gasteiger partial charge in [-0.1, -0.05) is 21.8 Å². The van der Waals surface area contributed by atoms with Crippen LogP contribution in [-0.2, 0) is 7.05 Å². The Balaban J connectivity index is 0.000000144. The molecule has 0 saturated heterocycles. The predicted molar refractivity (Wildman–Crippen MR) is 58.4 cm³/mol. The van der Waals surface area contributed by atoms with E-state index in [0.717, 1.165) is 11.0 Å². The van der Waals surface area contributed by atoms with Gasteiger partial charge in [-0.05, 0) is 23.7 Å². The minimum atomic E-state index is 0.949. The molecule has 0 aliphatic rings. The zero-order chi connectivity index (χ0) is 10.5. The maximum absolute atomic E-state index is 3.93. The molecule has 1 aromatic carbocycles. The van der Waals surface area contributed by atoms with E-state index in [9.17, 15) is 0 Å². The Bertz CT molecular complexity index is 499. The van der Waals surface area contributed by atoms with Gasteiger partial charge in [0.1, 0.15) is 5.52 Å². The molecule has 0 radical (unpaired) electrons. The molecule has 6 heteroatoms. The highest BCUT2D eigenvalue weighted by Crippen LogP contribution is 2.06. The Morgan fingerprint density at radius 1 is 1.27 bits per heavy atom. The highest BCUT2D eigenvalue weighted by atomic mass is 32.1. The normalized spacial score (nSPS) is 9.67. The molecule has 15 heavy (non-hydrogen) atoms. The lowest BCUT2D eigenvalue weighted by atomic mass is 10.3. The van der Waals surface area contributed by atoms with Gasteiger partial charge < -0.3 is 0 Å². The molecule has 0 bridgehead atoms. The van der Waals surface area contributed by atoms with E-state index in [-0.39, 0.29) is 0 Å². The van der Waals surface area contributed by atoms with Crippen LogP contribution in [0, 0.1) is 0 Å². The van der Waals surface area contributed by atoms with Crippen LogP contribution in [0.25, 0.3) is 11.0 Å². The lowest BCUT2D eigenvalue weighted by molar-refractivity contribution is 0.736. The maximum atomic E-state index is 3.93. The largest absolute Gasteiger partial charge is 0.248 e. The number of rotatable bonds is 0. The number of aryl methyl sites for hydroxylation is 1. The van der Waals surface area contributed by atoms with Gasteiger partial charge in [-0.15, -0.1) is 10.2 Å². The average Bonchev–Trinajstić information content (AvgIpc) is 2.92. The fourth-order valence-electron chi connectivity index (χ4n) is 1.12. The van der Waals surface area contributed by atoms with Crippen LogP contribution in [0.5, 0.6) is 0 Å². The van der Waals surface area contributed by atoms with Crippen molar-refractivity contribution in [3.05, 3.63) is 35.8 Å². The second-order valence-electron chi connectivity index (χ2n) is 2.79. The smallest absolute Gasteiger partial charge is 0.113 e. The first-order valence-corrected chi connectivity index (χ1v) is 5.17. The zero-order valence-corrected chi connectivity index (χ0v) is 8.92. The third-order valence-electron chi connectivity index (χ3n) is 1.80. The van der Waals surface area contributed by atoms with Crippen molar-refractivity contribution in [1.29, 1.82) is 0 Å². The summed E-state index contributed by atoms with van der Waals surface area (Å²) < 4.78 is 5.27. The Morgan fingerprint density at radius 3 is 2.73 bits per heavy atom. The van der Waals surface area contributed by atoms with E-state index < -0.39 is 0 Å². The van der Waals surface area contributed by atoms with Gasteiger partial charge in [0.25, 0.3) is 0 Å². The van der Waals surface area contributed by atoms with Crippen molar-refractivity contribution in [2.45, 2.75) is 0 Å². The molecule has 0 aliphatic heterocycles. The van der Waals surface area contributed by atoms with E-state index in [0.29, 0.717) is 0 Å². The molecule has 76 valence electrons. The minimum Gasteiger partial charge on any atom is -0.248 e. The van der Waals surface area contributed by atoms with Crippen LogP contribution in [-0.4, -0.2) is 24.6 Å². The van der Waals surface area contributed by atoms with Crippen molar-refractivity contribution in [3.63, 3.8) is 0 Å². The van der Waals surface area contributed by atoms with Crippen molar-refractivity contribution < 1.29 is 0 Å². The number of hydrogen-bond acceptors (Lipinski definition) is 5. The number of aromatic nitrogens is 5. The van der Waals surface area contributed by atoms with Gasteiger partial charge in [0, 0.05) is 12.4 Å². The molecule has 0 saturated carbocycles. The van der Waals surface area contributed by atoms with Crippen molar-refractivity contribution in [2.24, 2.45) is 7.05 Å². The van der Waals surface area contributed by atoms with E-state index in [1.807, 2.05) is 36.7 Å². The van der Waals surface area contributed by atoms with Gasteiger partial charge in [-0.2, -0.15) is 0 Å². The van der Waals surface area contributed by atoms with Crippen LogP contribution in [0.2, 0.25) is 0 Å². The standard InChI is InChI=1S/C7H7N3.C2H2N2S/c1-10-7-5-3-2-4-6(7)8-9-10;1-2-5-4-3-1/h2-5H,1H3;1-2H. The van der Waals surface area contributed by atoms with Crippen LogP contribution >= 0.6 is 11.5 Å².